The van der Waals surface area contributed by atoms with Crippen LogP contribution in [0.15, 0.2) is 65.9 Å². The van der Waals surface area contributed by atoms with Crippen LogP contribution in [0.2, 0.25) is 0 Å². The molecule has 0 bridgehead atoms. The molecule has 0 spiro atoms. The number of aliphatic imine (C=N–C) groups is 1. The second-order valence-corrected chi connectivity index (χ2v) is 12.5. The van der Waals surface area contributed by atoms with Gasteiger partial charge < -0.3 is 5.11 Å². The Hall–Kier alpha value is -3.16. The Labute approximate surface area is 212 Å². The number of Topliss-reactive ketones (excluding diaryl/α,β-unsaturated/α-hetero) is 1. The second-order valence-electron chi connectivity index (χ2n) is 9.93. The molecule has 2 aromatic carbocycles. The summed E-state index contributed by atoms with van der Waals surface area (Å²) in [6, 6.07) is 15.3. The number of sulfone groups is 1. The van der Waals surface area contributed by atoms with Crippen molar-refractivity contribution in [2.45, 2.75) is 57.3 Å². The van der Waals surface area contributed by atoms with Crippen LogP contribution in [0.4, 0.5) is 0 Å². The van der Waals surface area contributed by atoms with Crippen molar-refractivity contribution in [3.05, 3.63) is 72.1 Å². The van der Waals surface area contributed by atoms with E-state index in [0.29, 0.717) is 18.4 Å². The molecule has 0 saturated heterocycles. The normalized spacial score (nSPS) is 15.1. The van der Waals surface area contributed by atoms with Crippen molar-refractivity contribution >= 4 is 37.8 Å². The van der Waals surface area contributed by atoms with Gasteiger partial charge >= 0.3 is 0 Å². The number of nitrogens with zero attached hydrogens (tertiary/aromatic N) is 2. The number of aliphatic hydroxyl groups is 1. The predicted molar refractivity (Wildman–Crippen MR) is 146 cm³/mol. The van der Waals surface area contributed by atoms with Crippen LogP contribution in [0.3, 0.4) is 0 Å². The monoisotopic (exact) mass is 504 g/mol. The maximum absolute atomic E-state index is 12.9. The molecule has 0 unspecified atom stereocenters. The van der Waals surface area contributed by atoms with Gasteiger partial charge in [0.15, 0.2) is 15.6 Å². The zero-order valence-electron chi connectivity index (χ0n) is 21.4. The number of carbonyl (C=O) groups excluding carboxylic acids is 1. The van der Waals surface area contributed by atoms with E-state index < -0.39 is 20.2 Å². The van der Waals surface area contributed by atoms with Crippen molar-refractivity contribution in [1.82, 2.24) is 4.98 Å². The van der Waals surface area contributed by atoms with Crippen LogP contribution in [0.5, 0.6) is 0 Å². The second kappa shape index (κ2) is 9.37. The van der Waals surface area contributed by atoms with Gasteiger partial charge in [-0.25, -0.2) is 8.42 Å². The fourth-order valence-electron chi connectivity index (χ4n) is 4.52. The lowest BCUT2D eigenvalue weighted by atomic mass is 9.84. The average molecular weight is 505 g/mol. The first kappa shape index (κ1) is 25.9. The topological polar surface area (TPSA) is 96.7 Å². The molecule has 0 atom stereocenters. The Morgan fingerprint density at radius 1 is 1.00 bits per heavy atom. The smallest absolute Gasteiger partial charge is 0.184 e. The van der Waals surface area contributed by atoms with E-state index in [-0.39, 0.29) is 17.9 Å². The molecule has 0 saturated carbocycles. The molecular weight excluding hydrogens is 472 g/mol. The summed E-state index contributed by atoms with van der Waals surface area (Å²) in [7, 11) is -3.38. The number of aromatic nitrogens is 1. The molecule has 1 aromatic heterocycles. The number of pyridine rings is 1. The van der Waals surface area contributed by atoms with Crippen LogP contribution in [0.25, 0.3) is 27.6 Å². The Kier molecular flexibility index (Phi) is 6.75. The number of rotatable bonds is 7. The van der Waals surface area contributed by atoms with Crippen LogP contribution in [-0.4, -0.2) is 41.9 Å². The minimum Gasteiger partial charge on any atom is -0.383 e. The van der Waals surface area contributed by atoms with Gasteiger partial charge in [0.1, 0.15) is 11.3 Å². The lowest BCUT2D eigenvalue weighted by molar-refractivity contribution is -0.113. The summed E-state index contributed by atoms with van der Waals surface area (Å²) in [5, 5.41) is 11.6. The molecule has 1 aliphatic heterocycles. The maximum Gasteiger partial charge on any atom is 0.184 e. The van der Waals surface area contributed by atoms with E-state index in [1.807, 2.05) is 62.4 Å². The van der Waals surface area contributed by atoms with Crippen molar-refractivity contribution in [2.24, 2.45) is 4.99 Å². The van der Waals surface area contributed by atoms with E-state index in [9.17, 15) is 18.3 Å². The number of fused-ring (bicyclic) bond motifs is 1. The highest BCUT2D eigenvalue weighted by molar-refractivity contribution is 7.91. The van der Waals surface area contributed by atoms with E-state index in [1.54, 1.807) is 26.2 Å². The molecule has 0 aliphatic carbocycles. The fourth-order valence-corrected chi connectivity index (χ4v) is 5.06. The minimum atomic E-state index is -3.38. The quantitative estimate of drug-likeness (QED) is 0.459. The number of hydrogen-bond acceptors (Lipinski definition) is 6. The molecule has 188 valence electrons. The molecule has 2 heterocycles. The largest absolute Gasteiger partial charge is 0.383 e. The minimum absolute atomic E-state index is 0.157. The lowest BCUT2D eigenvalue weighted by Gasteiger charge is -2.28. The standard InChI is InChI=1S/C29H32N2O4S/c1-6-29(33,7-2)27-25(32)16-22(18-31-27)19-10-8-11-20(14-19)24-17-23(28(3,4)36(5,34)35)15-21-12-9-13-30-26(21)24/h8-15,17-18,33H,6-7,16H2,1-5H3. The van der Waals surface area contributed by atoms with Crippen molar-refractivity contribution in [3.8, 4) is 11.1 Å². The molecule has 4 rings (SSSR count). The van der Waals surface area contributed by atoms with Gasteiger partial charge in [-0.2, -0.15) is 0 Å². The van der Waals surface area contributed by atoms with Crippen molar-refractivity contribution < 1.29 is 18.3 Å². The summed E-state index contributed by atoms with van der Waals surface area (Å²) in [4.78, 5) is 21.9. The first-order valence-electron chi connectivity index (χ1n) is 12.1. The summed E-state index contributed by atoms with van der Waals surface area (Å²) in [6.45, 7) is 7.11. The van der Waals surface area contributed by atoms with Crippen LogP contribution < -0.4 is 0 Å². The molecule has 0 amide bonds. The van der Waals surface area contributed by atoms with Gasteiger partial charge in [-0.3, -0.25) is 14.8 Å². The third-order valence-electron chi connectivity index (χ3n) is 7.45. The summed E-state index contributed by atoms with van der Waals surface area (Å²) in [5.41, 5.74) is 3.76. The zero-order chi connectivity index (χ0) is 26.3. The lowest BCUT2D eigenvalue weighted by Crippen LogP contribution is -2.43. The molecule has 1 N–H and O–H groups in total. The van der Waals surface area contributed by atoms with E-state index in [1.165, 1.54) is 6.26 Å². The van der Waals surface area contributed by atoms with Gasteiger partial charge in [-0.15, -0.1) is 0 Å². The van der Waals surface area contributed by atoms with E-state index in [2.05, 4.69) is 9.98 Å². The third kappa shape index (κ3) is 4.53. The molecule has 7 heteroatoms. The zero-order valence-corrected chi connectivity index (χ0v) is 22.2. The Bertz CT molecular complexity index is 1510. The molecule has 36 heavy (non-hydrogen) atoms. The molecule has 1 aliphatic rings. The van der Waals surface area contributed by atoms with Crippen molar-refractivity contribution in [1.29, 1.82) is 0 Å². The fraction of sp³-hybridized carbons (Fsp3) is 0.345. The summed E-state index contributed by atoms with van der Waals surface area (Å²) in [6.07, 6.45) is 5.65. The maximum atomic E-state index is 12.9. The molecule has 0 fully saturated rings. The summed E-state index contributed by atoms with van der Waals surface area (Å²) < 4.78 is 24.1. The van der Waals surface area contributed by atoms with Crippen LogP contribution in [0, 0.1) is 0 Å². The predicted octanol–water partition coefficient (Wildman–Crippen LogP) is 5.49. The van der Waals surface area contributed by atoms with E-state index in [4.69, 9.17) is 0 Å². The molecule has 0 radical (unpaired) electrons. The van der Waals surface area contributed by atoms with Crippen LogP contribution in [-0.2, 0) is 19.4 Å². The van der Waals surface area contributed by atoms with Gasteiger partial charge in [0.2, 0.25) is 0 Å². The molecule has 3 aromatic rings. The van der Waals surface area contributed by atoms with Gasteiger partial charge in [-0.05, 0) is 73.2 Å². The Morgan fingerprint density at radius 3 is 2.33 bits per heavy atom. The van der Waals surface area contributed by atoms with Gasteiger partial charge in [0.05, 0.1) is 10.3 Å². The van der Waals surface area contributed by atoms with Gasteiger partial charge in [0.25, 0.3) is 0 Å². The third-order valence-corrected chi connectivity index (χ3v) is 9.54. The summed E-state index contributed by atoms with van der Waals surface area (Å²) in [5.74, 6) is -0.173. The Balaban J connectivity index is 1.85. The van der Waals surface area contributed by atoms with Crippen molar-refractivity contribution in [2.75, 3.05) is 6.26 Å². The van der Waals surface area contributed by atoms with Crippen LogP contribution >= 0.6 is 0 Å². The molecular formula is C29H32N2O4S. The number of benzene rings is 2. The van der Waals surface area contributed by atoms with Crippen LogP contribution in [0.1, 0.15) is 58.1 Å². The van der Waals surface area contributed by atoms with E-state index in [0.717, 1.165) is 33.2 Å². The highest BCUT2D eigenvalue weighted by Gasteiger charge is 2.36. The number of carbonyl (C=O) groups is 1. The summed E-state index contributed by atoms with van der Waals surface area (Å²) >= 11 is 0. The Morgan fingerprint density at radius 2 is 1.69 bits per heavy atom. The first-order chi connectivity index (χ1) is 16.9. The first-order valence-corrected chi connectivity index (χ1v) is 14.0. The number of allylic oxidation sites excluding steroid dienone is 1. The average Bonchev–Trinajstić information content (AvgIpc) is 2.87. The number of hydrogen-bond donors (Lipinski definition) is 1. The highest BCUT2D eigenvalue weighted by Crippen LogP contribution is 2.37. The molecule has 6 nitrogen and oxygen atoms in total. The highest BCUT2D eigenvalue weighted by atomic mass is 32.2. The SMILES string of the molecule is CCC(O)(CC)C1=NC=C(c2cccc(-c3cc(C(C)(C)S(C)(=O)=O)cc4cccnc34)c2)CC1=O. The van der Waals surface area contributed by atoms with Gasteiger partial charge in [0, 0.05) is 36.0 Å². The van der Waals surface area contributed by atoms with E-state index >= 15 is 0 Å². The number of ketones is 1. The van der Waals surface area contributed by atoms with Gasteiger partial charge in [-0.1, -0.05) is 38.1 Å². The van der Waals surface area contributed by atoms with Crippen molar-refractivity contribution in [3.63, 3.8) is 0 Å².